The zero-order chi connectivity index (χ0) is 22.7. The van der Waals surface area contributed by atoms with Crippen LogP contribution in [-0.2, 0) is 16.1 Å². The molecule has 0 saturated heterocycles. The molecule has 160 valence electrons. The Kier molecular flexibility index (Phi) is 6.34. The molecular formula is C24H26N4O3. The Morgan fingerprint density at radius 1 is 0.903 bits per heavy atom. The Bertz CT molecular complexity index is 1200. The summed E-state index contributed by atoms with van der Waals surface area (Å²) in [5.74, 6) is -0.499. The fourth-order valence-corrected chi connectivity index (χ4v) is 3.51. The number of anilines is 2. The van der Waals surface area contributed by atoms with Gasteiger partial charge in [-0.1, -0.05) is 29.8 Å². The van der Waals surface area contributed by atoms with Crippen LogP contribution in [0.2, 0.25) is 0 Å². The number of rotatable bonds is 5. The first-order valence-corrected chi connectivity index (χ1v) is 9.98. The van der Waals surface area contributed by atoms with Gasteiger partial charge in [-0.25, -0.2) is 4.68 Å². The van der Waals surface area contributed by atoms with Crippen LogP contribution < -0.4 is 16.2 Å². The summed E-state index contributed by atoms with van der Waals surface area (Å²) >= 11 is 0. The van der Waals surface area contributed by atoms with E-state index in [1.165, 1.54) is 13.0 Å². The molecule has 0 bridgehead atoms. The fourth-order valence-electron chi connectivity index (χ4n) is 3.51. The van der Waals surface area contributed by atoms with Gasteiger partial charge in [-0.3, -0.25) is 14.4 Å². The van der Waals surface area contributed by atoms with Crippen molar-refractivity contribution in [1.29, 1.82) is 0 Å². The van der Waals surface area contributed by atoms with E-state index in [0.717, 1.165) is 38.2 Å². The van der Waals surface area contributed by atoms with Gasteiger partial charge in [0, 0.05) is 29.9 Å². The molecule has 1 heterocycles. The summed E-state index contributed by atoms with van der Waals surface area (Å²) in [6, 6.07) is 12.5. The Morgan fingerprint density at radius 3 is 2.23 bits per heavy atom. The fraction of sp³-hybridized carbons (Fsp3) is 0.250. The van der Waals surface area contributed by atoms with Gasteiger partial charge in [-0.05, 0) is 56.5 Å². The van der Waals surface area contributed by atoms with Crippen molar-refractivity contribution < 1.29 is 9.59 Å². The monoisotopic (exact) mass is 418 g/mol. The number of hydrogen-bond donors (Lipinski definition) is 2. The molecule has 0 aliphatic heterocycles. The van der Waals surface area contributed by atoms with Gasteiger partial charge in [0.1, 0.15) is 6.54 Å². The zero-order valence-electron chi connectivity index (χ0n) is 18.4. The first kappa shape index (κ1) is 22.0. The predicted molar refractivity (Wildman–Crippen MR) is 122 cm³/mol. The largest absolute Gasteiger partial charge is 0.326 e. The van der Waals surface area contributed by atoms with E-state index < -0.39 is 0 Å². The number of amides is 2. The molecule has 0 saturated carbocycles. The average molecular weight is 418 g/mol. The molecule has 0 spiro atoms. The molecule has 0 fully saturated rings. The molecule has 7 nitrogen and oxygen atoms in total. The zero-order valence-corrected chi connectivity index (χ0v) is 18.4. The number of nitrogens with zero attached hydrogens (tertiary/aromatic N) is 2. The predicted octanol–water partition coefficient (Wildman–Crippen LogP) is 3.74. The Hall–Kier alpha value is -3.74. The molecule has 0 unspecified atom stereocenters. The van der Waals surface area contributed by atoms with Crippen LogP contribution in [0.1, 0.15) is 29.2 Å². The normalized spacial score (nSPS) is 10.6. The van der Waals surface area contributed by atoms with E-state index >= 15 is 0 Å². The van der Waals surface area contributed by atoms with Crippen molar-refractivity contribution in [2.24, 2.45) is 0 Å². The van der Waals surface area contributed by atoms with E-state index in [9.17, 15) is 14.4 Å². The molecule has 31 heavy (non-hydrogen) atoms. The summed E-state index contributed by atoms with van der Waals surface area (Å²) in [5.41, 5.74) is 6.27. The Labute approximate surface area is 181 Å². The molecule has 0 radical (unpaired) electrons. The lowest BCUT2D eigenvalue weighted by Crippen LogP contribution is -2.29. The van der Waals surface area contributed by atoms with E-state index in [1.807, 2.05) is 52.0 Å². The Morgan fingerprint density at radius 2 is 1.58 bits per heavy atom. The number of hydrogen-bond acceptors (Lipinski definition) is 4. The highest BCUT2D eigenvalue weighted by atomic mass is 16.2. The summed E-state index contributed by atoms with van der Waals surface area (Å²) in [6.07, 6.45) is 0. The maximum Gasteiger partial charge on any atom is 0.267 e. The number of aromatic nitrogens is 2. The number of nitrogens with one attached hydrogen (secondary N) is 2. The van der Waals surface area contributed by atoms with E-state index in [-0.39, 0.29) is 23.9 Å². The van der Waals surface area contributed by atoms with Crippen LogP contribution in [0.15, 0.2) is 47.3 Å². The first-order chi connectivity index (χ1) is 14.6. The van der Waals surface area contributed by atoms with Gasteiger partial charge in [-0.15, -0.1) is 0 Å². The number of carbonyl (C=O) groups is 2. The van der Waals surface area contributed by atoms with Gasteiger partial charge in [-0.2, -0.15) is 5.10 Å². The van der Waals surface area contributed by atoms with E-state index in [0.29, 0.717) is 11.4 Å². The van der Waals surface area contributed by atoms with Crippen molar-refractivity contribution in [3.8, 4) is 11.3 Å². The van der Waals surface area contributed by atoms with Gasteiger partial charge < -0.3 is 10.6 Å². The molecular weight excluding hydrogens is 392 g/mol. The second kappa shape index (κ2) is 8.95. The summed E-state index contributed by atoms with van der Waals surface area (Å²) < 4.78 is 1.14. The molecule has 7 heteroatoms. The molecule has 0 atom stereocenters. The lowest BCUT2D eigenvalue weighted by atomic mass is 10.1. The molecule has 3 aromatic rings. The average Bonchev–Trinajstić information content (AvgIpc) is 2.68. The molecule has 3 rings (SSSR count). The minimum absolute atomic E-state index is 0.170. The van der Waals surface area contributed by atoms with Crippen molar-refractivity contribution in [2.75, 3.05) is 10.6 Å². The lowest BCUT2D eigenvalue weighted by molar-refractivity contribution is -0.117. The molecule has 0 aliphatic rings. The summed E-state index contributed by atoms with van der Waals surface area (Å²) in [7, 11) is 0. The summed E-state index contributed by atoms with van der Waals surface area (Å²) in [4.78, 5) is 36.4. The van der Waals surface area contributed by atoms with Gasteiger partial charge in [0.25, 0.3) is 5.56 Å². The maximum absolute atomic E-state index is 12.6. The van der Waals surface area contributed by atoms with Crippen LogP contribution in [-0.4, -0.2) is 21.6 Å². The number of aryl methyl sites for hydroxylation is 4. The highest BCUT2D eigenvalue weighted by molar-refractivity contribution is 5.92. The van der Waals surface area contributed by atoms with Gasteiger partial charge in [0.05, 0.1) is 5.69 Å². The van der Waals surface area contributed by atoms with Crippen molar-refractivity contribution in [3.05, 3.63) is 75.1 Å². The van der Waals surface area contributed by atoms with Gasteiger partial charge in [0.15, 0.2) is 0 Å². The summed E-state index contributed by atoms with van der Waals surface area (Å²) in [5, 5.41) is 10.0. The van der Waals surface area contributed by atoms with Crippen molar-refractivity contribution >= 4 is 23.2 Å². The molecule has 2 amide bonds. The highest BCUT2D eigenvalue weighted by Gasteiger charge is 2.12. The lowest BCUT2D eigenvalue weighted by Gasteiger charge is -2.14. The van der Waals surface area contributed by atoms with Crippen LogP contribution >= 0.6 is 0 Å². The quantitative estimate of drug-likeness (QED) is 0.660. The third-order valence-corrected chi connectivity index (χ3v) is 4.95. The van der Waals surface area contributed by atoms with Crippen LogP contribution in [0, 0.1) is 27.7 Å². The minimum Gasteiger partial charge on any atom is -0.326 e. The maximum atomic E-state index is 12.6. The molecule has 1 aromatic heterocycles. The van der Waals surface area contributed by atoms with Crippen LogP contribution in [0.25, 0.3) is 11.3 Å². The summed E-state index contributed by atoms with van der Waals surface area (Å²) in [6.45, 7) is 9.01. The third kappa shape index (κ3) is 5.25. The number of benzene rings is 2. The standard InChI is InChI=1S/C24H26N4O3/c1-14-10-16(3)24(17(4)11-14)26-22(30)13-28-23(31)9-8-20(27-28)19-7-6-15(2)21(12-19)25-18(5)29/h6-12H,13H2,1-5H3,(H,25,29)(H,26,30). The van der Waals surface area contributed by atoms with Gasteiger partial charge in [0.2, 0.25) is 11.8 Å². The SMILES string of the molecule is CC(=O)Nc1cc(-c2ccc(=O)n(CC(=O)Nc3c(C)cc(C)cc3C)n2)ccc1C. The minimum atomic E-state index is -0.370. The molecule has 2 aromatic carbocycles. The third-order valence-electron chi connectivity index (χ3n) is 4.95. The second-order valence-electron chi connectivity index (χ2n) is 7.75. The van der Waals surface area contributed by atoms with Crippen molar-refractivity contribution in [1.82, 2.24) is 9.78 Å². The first-order valence-electron chi connectivity index (χ1n) is 9.98. The topological polar surface area (TPSA) is 93.1 Å². The van der Waals surface area contributed by atoms with Crippen molar-refractivity contribution in [3.63, 3.8) is 0 Å². The van der Waals surface area contributed by atoms with E-state index in [4.69, 9.17) is 0 Å². The van der Waals surface area contributed by atoms with Crippen LogP contribution in [0.5, 0.6) is 0 Å². The van der Waals surface area contributed by atoms with Crippen LogP contribution in [0.4, 0.5) is 11.4 Å². The van der Waals surface area contributed by atoms with Gasteiger partial charge >= 0.3 is 0 Å². The highest BCUT2D eigenvalue weighted by Crippen LogP contribution is 2.24. The van der Waals surface area contributed by atoms with E-state index in [2.05, 4.69) is 15.7 Å². The van der Waals surface area contributed by atoms with Crippen LogP contribution in [0.3, 0.4) is 0 Å². The smallest absolute Gasteiger partial charge is 0.267 e. The van der Waals surface area contributed by atoms with E-state index in [1.54, 1.807) is 12.1 Å². The van der Waals surface area contributed by atoms with Crippen molar-refractivity contribution in [2.45, 2.75) is 41.2 Å². The number of carbonyl (C=O) groups excluding carboxylic acids is 2. The Balaban J connectivity index is 1.86. The molecule has 0 aliphatic carbocycles. The second-order valence-corrected chi connectivity index (χ2v) is 7.75. The molecule has 2 N–H and O–H groups in total.